The molecule has 9 nitrogen and oxygen atoms in total. The molecule has 3 aromatic rings. The van der Waals surface area contributed by atoms with Gasteiger partial charge in [-0.1, -0.05) is 18.2 Å². The Hall–Kier alpha value is -3.05. The van der Waals surface area contributed by atoms with Gasteiger partial charge in [0.2, 0.25) is 10.0 Å². The van der Waals surface area contributed by atoms with Crippen molar-refractivity contribution in [2.75, 3.05) is 32.5 Å². The van der Waals surface area contributed by atoms with E-state index >= 15 is 0 Å². The molecule has 1 aliphatic heterocycles. The van der Waals surface area contributed by atoms with Crippen LogP contribution in [0.15, 0.2) is 59.4 Å². The van der Waals surface area contributed by atoms with Crippen molar-refractivity contribution in [2.24, 2.45) is 5.73 Å². The minimum Gasteiger partial charge on any atom is -0.492 e. The highest BCUT2D eigenvalue weighted by molar-refractivity contribution is 7.89. The molecule has 1 atom stereocenters. The molecular weight excluding hydrogens is 432 g/mol. The number of para-hydroxylation sites is 1. The van der Waals surface area contributed by atoms with Crippen LogP contribution in [0.5, 0.6) is 5.75 Å². The molecule has 1 aromatic heterocycles. The Morgan fingerprint density at radius 1 is 1.25 bits per heavy atom. The van der Waals surface area contributed by atoms with Gasteiger partial charge in [0.1, 0.15) is 35.5 Å². The zero-order valence-corrected chi connectivity index (χ0v) is 18.7. The Morgan fingerprint density at radius 2 is 2.00 bits per heavy atom. The minimum absolute atomic E-state index is 0.0186. The summed E-state index contributed by atoms with van der Waals surface area (Å²) in [5.41, 5.74) is 14.3. The van der Waals surface area contributed by atoms with E-state index in [0.717, 1.165) is 5.56 Å². The summed E-state index contributed by atoms with van der Waals surface area (Å²) in [6.45, 7) is 2.25. The van der Waals surface area contributed by atoms with Gasteiger partial charge in [-0.15, -0.1) is 0 Å². The van der Waals surface area contributed by atoms with Crippen molar-refractivity contribution in [2.45, 2.75) is 18.0 Å². The van der Waals surface area contributed by atoms with E-state index in [1.54, 1.807) is 24.3 Å². The molecule has 0 radical (unpaired) electrons. The van der Waals surface area contributed by atoms with E-state index in [9.17, 15) is 8.42 Å². The Morgan fingerprint density at radius 3 is 2.72 bits per heavy atom. The molecule has 32 heavy (non-hydrogen) atoms. The number of fused-ring (bicyclic) bond motifs is 1. The number of ether oxygens (including phenoxy) is 3. The standard InChI is InChI=1S/C22H26N4O5S/c1-14-10-17-19(18(23)11-14)25-20(22(24)29-2)21(17)32(27,28)26-8-9-30-16(12-26)13-31-15-6-4-3-5-7-15/h3-7,10-11,13,22,25H,8-9,12,23-24H2,1-2H3/b16-13+. The van der Waals surface area contributed by atoms with Crippen LogP contribution in [0.25, 0.3) is 10.9 Å². The van der Waals surface area contributed by atoms with Gasteiger partial charge < -0.3 is 30.7 Å². The lowest BCUT2D eigenvalue weighted by Gasteiger charge is -2.28. The van der Waals surface area contributed by atoms with Crippen LogP contribution in [0.2, 0.25) is 0 Å². The number of aromatic nitrogens is 1. The number of sulfonamides is 1. The first-order valence-electron chi connectivity index (χ1n) is 10.0. The molecule has 2 heterocycles. The SMILES string of the molecule is COC(N)c1[nH]c2c(N)cc(C)cc2c1S(=O)(=O)N1CCO/C(=C/Oc2ccccc2)C1. The van der Waals surface area contributed by atoms with E-state index in [2.05, 4.69) is 4.98 Å². The number of benzene rings is 2. The van der Waals surface area contributed by atoms with Crippen LogP contribution < -0.4 is 16.2 Å². The number of morpholine rings is 1. The topological polar surface area (TPSA) is 133 Å². The molecule has 2 aromatic carbocycles. The van der Waals surface area contributed by atoms with Crippen LogP contribution in [-0.4, -0.2) is 44.5 Å². The molecule has 1 saturated heterocycles. The summed E-state index contributed by atoms with van der Waals surface area (Å²) in [7, 11) is -2.56. The number of rotatable bonds is 6. The summed E-state index contributed by atoms with van der Waals surface area (Å²) >= 11 is 0. The monoisotopic (exact) mass is 458 g/mol. The largest absolute Gasteiger partial charge is 0.492 e. The fraction of sp³-hybridized carbons (Fsp3) is 0.273. The molecule has 1 aliphatic rings. The third-order valence-corrected chi connectivity index (χ3v) is 7.18. The fourth-order valence-corrected chi connectivity index (χ4v) is 5.44. The van der Waals surface area contributed by atoms with Gasteiger partial charge in [-0.3, -0.25) is 0 Å². The van der Waals surface area contributed by atoms with Crippen molar-refractivity contribution < 1.29 is 22.6 Å². The Balaban J connectivity index is 1.72. The fourth-order valence-electron chi connectivity index (χ4n) is 3.68. The molecule has 0 aliphatic carbocycles. The summed E-state index contributed by atoms with van der Waals surface area (Å²) in [6, 6.07) is 12.7. The number of hydrogen-bond donors (Lipinski definition) is 3. The first-order valence-corrected chi connectivity index (χ1v) is 11.5. The van der Waals surface area contributed by atoms with Gasteiger partial charge in [0.15, 0.2) is 0 Å². The van der Waals surface area contributed by atoms with Gasteiger partial charge in [-0.05, 0) is 36.8 Å². The van der Waals surface area contributed by atoms with Crippen LogP contribution in [0.4, 0.5) is 5.69 Å². The molecule has 0 amide bonds. The highest BCUT2D eigenvalue weighted by Crippen LogP contribution is 2.36. The normalized spacial score (nSPS) is 17.4. The second kappa shape index (κ2) is 8.83. The van der Waals surface area contributed by atoms with Gasteiger partial charge in [0, 0.05) is 19.0 Å². The van der Waals surface area contributed by atoms with Gasteiger partial charge in [0.25, 0.3) is 0 Å². The van der Waals surface area contributed by atoms with Gasteiger partial charge >= 0.3 is 0 Å². The third kappa shape index (κ3) is 4.17. The van der Waals surface area contributed by atoms with Crippen molar-refractivity contribution in [1.82, 2.24) is 9.29 Å². The number of aryl methyl sites for hydroxylation is 1. The lowest BCUT2D eigenvalue weighted by Crippen LogP contribution is -2.40. The number of nitrogens with two attached hydrogens (primary N) is 2. The quantitative estimate of drug-likeness (QED) is 0.294. The van der Waals surface area contributed by atoms with Crippen LogP contribution in [0, 0.1) is 6.92 Å². The first-order chi connectivity index (χ1) is 15.3. The lowest BCUT2D eigenvalue weighted by atomic mass is 10.1. The molecular formula is C22H26N4O5S. The van der Waals surface area contributed by atoms with Crippen LogP contribution >= 0.6 is 0 Å². The van der Waals surface area contributed by atoms with Crippen LogP contribution in [0.1, 0.15) is 17.5 Å². The number of nitrogen functional groups attached to an aromatic ring is 1. The highest BCUT2D eigenvalue weighted by atomic mass is 32.2. The van der Waals surface area contributed by atoms with Crippen molar-refractivity contribution in [3.8, 4) is 5.75 Å². The molecule has 0 spiro atoms. The molecule has 1 fully saturated rings. The second-order valence-corrected chi connectivity index (χ2v) is 9.38. The summed E-state index contributed by atoms with van der Waals surface area (Å²) in [5.74, 6) is 1.02. The predicted molar refractivity (Wildman–Crippen MR) is 121 cm³/mol. The van der Waals surface area contributed by atoms with E-state index in [1.165, 1.54) is 17.7 Å². The number of nitrogens with zero attached hydrogens (tertiary/aromatic N) is 1. The number of methoxy groups -OCH3 is 1. The third-order valence-electron chi connectivity index (χ3n) is 5.23. The molecule has 4 rings (SSSR count). The average Bonchev–Trinajstić information content (AvgIpc) is 3.18. The summed E-state index contributed by atoms with van der Waals surface area (Å²) in [5, 5.41) is 0.475. The Kier molecular flexibility index (Phi) is 6.11. The van der Waals surface area contributed by atoms with E-state index in [1.807, 2.05) is 25.1 Å². The number of nitrogens with one attached hydrogen (secondary N) is 1. The smallest absolute Gasteiger partial charge is 0.246 e. The van der Waals surface area contributed by atoms with Crippen LogP contribution in [-0.2, 0) is 19.5 Å². The number of H-pyrrole nitrogens is 1. The predicted octanol–water partition coefficient (Wildman–Crippen LogP) is 2.60. The maximum atomic E-state index is 13.8. The molecule has 170 valence electrons. The van der Waals surface area contributed by atoms with Crippen molar-refractivity contribution in [3.05, 3.63) is 65.7 Å². The van der Waals surface area contributed by atoms with Gasteiger partial charge in [-0.25, -0.2) is 8.42 Å². The Bertz CT molecular complexity index is 1250. The summed E-state index contributed by atoms with van der Waals surface area (Å²) in [4.78, 5) is 3.12. The molecule has 5 N–H and O–H groups in total. The summed E-state index contributed by atoms with van der Waals surface area (Å²) in [6.07, 6.45) is 0.459. The van der Waals surface area contributed by atoms with Crippen molar-refractivity contribution in [3.63, 3.8) is 0 Å². The van der Waals surface area contributed by atoms with Crippen molar-refractivity contribution >= 4 is 26.6 Å². The highest BCUT2D eigenvalue weighted by Gasteiger charge is 2.35. The van der Waals surface area contributed by atoms with Gasteiger partial charge in [0.05, 0.1) is 23.4 Å². The Labute approximate surface area is 186 Å². The lowest BCUT2D eigenvalue weighted by molar-refractivity contribution is 0.103. The van der Waals surface area contributed by atoms with E-state index in [4.69, 9.17) is 25.7 Å². The maximum absolute atomic E-state index is 13.8. The molecule has 0 bridgehead atoms. The number of anilines is 1. The number of aromatic amines is 1. The van der Waals surface area contributed by atoms with E-state index < -0.39 is 16.3 Å². The molecule has 10 heteroatoms. The molecule has 0 saturated carbocycles. The average molecular weight is 459 g/mol. The van der Waals surface area contributed by atoms with Crippen LogP contribution in [0.3, 0.4) is 0 Å². The van der Waals surface area contributed by atoms with Gasteiger partial charge in [-0.2, -0.15) is 4.31 Å². The van der Waals surface area contributed by atoms with E-state index in [0.29, 0.717) is 28.1 Å². The zero-order chi connectivity index (χ0) is 22.9. The van der Waals surface area contributed by atoms with Crippen molar-refractivity contribution in [1.29, 1.82) is 0 Å². The maximum Gasteiger partial charge on any atom is 0.246 e. The summed E-state index contributed by atoms with van der Waals surface area (Å²) < 4.78 is 45.4. The molecule has 1 unspecified atom stereocenters. The first kappa shape index (κ1) is 22.2. The number of hydrogen-bond acceptors (Lipinski definition) is 7. The van der Waals surface area contributed by atoms with E-state index in [-0.39, 0.29) is 30.3 Å². The minimum atomic E-state index is -3.97. The second-order valence-electron chi connectivity index (χ2n) is 7.50. The zero-order valence-electron chi connectivity index (χ0n) is 17.9.